The van der Waals surface area contributed by atoms with E-state index >= 15 is 0 Å². The van der Waals surface area contributed by atoms with Crippen molar-refractivity contribution in [3.8, 4) is 0 Å². The molecule has 0 radical (unpaired) electrons. The Morgan fingerprint density at radius 3 is 2.59 bits per heavy atom. The number of esters is 1. The summed E-state index contributed by atoms with van der Waals surface area (Å²) in [6.45, 7) is -0.689. The van der Waals surface area contributed by atoms with Gasteiger partial charge in [-0.05, 0) is 18.2 Å². The maximum Gasteiger partial charge on any atom is 0.332 e. The minimum atomic E-state index is -0.845. The first-order valence-electron chi connectivity index (χ1n) is 8.59. The number of hydrogen-bond acceptors (Lipinski definition) is 7. The molecule has 0 unspecified atom stereocenters. The van der Waals surface area contributed by atoms with Gasteiger partial charge in [0.15, 0.2) is 6.61 Å². The molecule has 2 N–H and O–H groups in total. The van der Waals surface area contributed by atoms with E-state index in [-0.39, 0.29) is 5.82 Å². The minimum Gasteiger partial charge on any atom is -0.454 e. The van der Waals surface area contributed by atoms with Gasteiger partial charge in [-0.3, -0.25) is 18.7 Å². The standard InChI is InChI=1S/C20H18N4O5/c1-23-18(21)17(19(27)24(2)20(23)28)15(25)11-29-16(26)10-9-13-8-7-12-5-3-4-6-14(12)22-13/h3-10H,11,21H2,1-2H3/b10-9+. The molecule has 3 aromatic rings. The SMILES string of the molecule is Cn1c(N)c(C(=O)COC(=O)/C=C/c2ccc3ccccc3n2)c(=O)n(C)c1=O. The summed E-state index contributed by atoms with van der Waals surface area (Å²) in [6.07, 6.45) is 2.59. The molecule has 2 heterocycles. The van der Waals surface area contributed by atoms with E-state index in [9.17, 15) is 19.2 Å². The Kier molecular flexibility index (Phi) is 5.40. The van der Waals surface area contributed by atoms with Crippen LogP contribution in [0.1, 0.15) is 16.1 Å². The Morgan fingerprint density at radius 2 is 1.83 bits per heavy atom. The molecule has 0 saturated carbocycles. The van der Waals surface area contributed by atoms with E-state index in [1.165, 1.54) is 20.2 Å². The van der Waals surface area contributed by atoms with E-state index in [2.05, 4.69) is 4.98 Å². The van der Waals surface area contributed by atoms with Crippen LogP contribution < -0.4 is 17.0 Å². The van der Waals surface area contributed by atoms with Crippen LogP contribution in [-0.2, 0) is 23.6 Å². The van der Waals surface area contributed by atoms with Gasteiger partial charge < -0.3 is 10.5 Å². The van der Waals surface area contributed by atoms with Gasteiger partial charge in [-0.15, -0.1) is 0 Å². The van der Waals surface area contributed by atoms with E-state index in [0.29, 0.717) is 5.69 Å². The van der Waals surface area contributed by atoms with Crippen molar-refractivity contribution in [1.82, 2.24) is 14.1 Å². The van der Waals surface area contributed by atoms with Crippen molar-refractivity contribution in [3.05, 3.63) is 74.6 Å². The number of para-hydroxylation sites is 1. The van der Waals surface area contributed by atoms with Crippen LogP contribution >= 0.6 is 0 Å². The van der Waals surface area contributed by atoms with Crippen LogP contribution in [0.4, 0.5) is 5.82 Å². The smallest absolute Gasteiger partial charge is 0.332 e. The maximum absolute atomic E-state index is 12.3. The molecule has 0 amide bonds. The summed E-state index contributed by atoms with van der Waals surface area (Å²) in [7, 11) is 2.56. The van der Waals surface area contributed by atoms with Crippen molar-refractivity contribution in [2.75, 3.05) is 12.3 Å². The van der Waals surface area contributed by atoms with Crippen molar-refractivity contribution in [2.45, 2.75) is 0 Å². The molecule has 0 fully saturated rings. The summed E-state index contributed by atoms with van der Waals surface area (Å²) in [5, 5.41) is 0.967. The van der Waals surface area contributed by atoms with Crippen LogP contribution in [0.5, 0.6) is 0 Å². The lowest BCUT2D eigenvalue weighted by Crippen LogP contribution is -2.42. The summed E-state index contributed by atoms with van der Waals surface area (Å²) in [4.78, 5) is 52.5. The van der Waals surface area contributed by atoms with Gasteiger partial charge in [-0.25, -0.2) is 14.6 Å². The third-order valence-electron chi connectivity index (χ3n) is 4.34. The number of pyridine rings is 1. The van der Waals surface area contributed by atoms with Crippen molar-refractivity contribution >= 4 is 34.5 Å². The first kappa shape index (κ1) is 19.7. The highest BCUT2D eigenvalue weighted by atomic mass is 16.5. The fourth-order valence-corrected chi connectivity index (χ4v) is 2.71. The van der Waals surface area contributed by atoms with Crippen molar-refractivity contribution in [2.24, 2.45) is 14.1 Å². The largest absolute Gasteiger partial charge is 0.454 e. The number of rotatable bonds is 5. The van der Waals surface area contributed by atoms with E-state index < -0.39 is 35.2 Å². The highest BCUT2D eigenvalue weighted by molar-refractivity contribution is 6.02. The molecule has 0 atom stereocenters. The summed E-state index contributed by atoms with van der Waals surface area (Å²) < 4.78 is 6.63. The monoisotopic (exact) mass is 394 g/mol. The highest BCUT2D eigenvalue weighted by Crippen LogP contribution is 2.12. The molecular weight excluding hydrogens is 376 g/mol. The first-order valence-corrected chi connectivity index (χ1v) is 8.59. The Hall–Kier alpha value is -4.01. The zero-order valence-corrected chi connectivity index (χ0v) is 15.8. The number of ether oxygens (including phenoxy) is 1. The Labute approximate surface area is 164 Å². The van der Waals surface area contributed by atoms with Crippen LogP contribution in [0.25, 0.3) is 17.0 Å². The topological polar surface area (TPSA) is 126 Å². The summed E-state index contributed by atoms with van der Waals surface area (Å²) in [5.41, 5.74) is 5.12. The van der Waals surface area contributed by atoms with Gasteiger partial charge in [0.1, 0.15) is 11.4 Å². The van der Waals surface area contributed by atoms with Crippen LogP contribution in [0.2, 0.25) is 0 Å². The molecular formula is C20H18N4O5. The zero-order chi connectivity index (χ0) is 21.1. The highest BCUT2D eigenvalue weighted by Gasteiger charge is 2.21. The molecule has 9 nitrogen and oxygen atoms in total. The average Bonchev–Trinajstić information content (AvgIpc) is 2.73. The Morgan fingerprint density at radius 1 is 1.10 bits per heavy atom. The number of ketones is 1. The van der Waals surface area contributed by atoms with E-state index in [1.807, 2.05) is 30.3 Å². The predicted octanol–water partition coefficient (Wildman–Crippen LogP) is 0.654. The normalized spacial score (nSPS) is 11.1. The van der Waals surface area contributed by atoms with Crippen LogP contribution in [0.3, 0.4) is 0 Å². The van der Waals surface area contributed by atoms with Crippen molar-refractivity contribution in [1.29, 1.82) is 0 Å². The molecule has 2 aromatic heterocycles. The molecule has 0 saturated heterocycles. The second-order valence-corrected chi connectivity index (χ2v) is 6.26. The Bertz CT molecular complexity index is 1270. The van der Waals surface area contributed by atoms with E-state index in [4.69, 9.17) is 10.5 Å². The maximum atomic E-state index is 12.3. The third-order valence-corrected chi connectivity index (χ3v) is 4.34. The molecule has 0 aliphatic carbocycles. The lowest BCUT2D eigenvalue weighted by atomic mass is 10.2. The molecule has 9 heteroatoms. The van der Waals surface area contributed by atoms with E-state index in [1.54, 1.807) is 6.07 Å². The molecule has 3 rings (SSSR count). The molecule has 29 heavy (non-hydrogen) atoms. The predicted molar refractivity (Wildman–Crippen MR) is 107 cm³/mol. The van der Waals surface area contributed by atoms with Crippen LogP contribution in [0, 0.1) is 0 Å². The van der Waals surface area contributed by atoms with Gasteiger partial charge in [0.2, 0.25) is 5.78 Å². The second kappa shape index (κ2) is 7.93. The number of nitrogens with two attached hydrogens (primary N) is 1. The Balaban J connectivity index is 1.70. The van der Waals surface area contributed by atoms with Gasteiger partial charge in [0.25, 0.3) is 5.56 Å². The van der Waals surface area contributed by atoms with Gasteiger partial charge in [0.05, 0.1) is 11.2 Å². The van der Waals surface area contributed by atoms with Crippen molar-refractivity contribution in [3.63, 3.8) is 0 Å². The van der Waals surface area contributed by atoms with Gasteiger partial charge in [-0.2, -0.15) is 0 Å². The number of aromatic nitrogens is 3. The number of Topliss-reactive ketones (excluding diaryl/α,β-unsaturated/α-hetero) is 1. The van der Waals surface area contributed by atoms with Crippen molar-refractivity contribution < 1.29 is 14.3 Å². The number of carbonyl (C=O) groups excluding carboxylic acids is 2. The molecule has 0 spiro atoms. The first-order chi connectivity index (χ1) is 13.8. The number of anilines is 1. The van der Waals surface area contributed by atoms with Gasteiger partial charge in [0, 0.05) is 25.6 Å². The number of benzene rings is 1. The minimum absolute atomic E-state index is 0.282. The zero-order valence-electron chi connectivity index (χ0n) is 15.8. The number of carbonyl (C=O) groups is 2. The third kappa shape index (κ3) is 3.98. The summed E-state index contributed by atoms with van der Waals surface area (Å²) in [6, 6.07) is 11.1. The van der Waals surface area contributed by atoms with Gasteiger partial charge >= 0.3 is 11.7 Å². The lowest BCUT2D eigenvalue weighted by molar-refractivity contribution is -0.136. The number of hydrogen-bond donors (Lipinski definition) is 1. The summed E-state index contributed by atoms with van der Waals surface area (Å²) in [5.74, 6) is -1.87. The fraction of sp³-hybridized carbons (Fsp3) is 0.150. The number of fused-ring (bicyclic) bond motifs is 1. The average molecular weight is 394 g/mol. The number of nitrogens with zero attached hydrogens (tertiary/aromatic N) is 3. The molecule has 0 aliphatic rings. The van der Waals surface area contributed by atoms with Gasteiger partial charge in [-0.1, -0.05) is 24.3 Å². The quantitative estimate of drug-likeness (QED) is 0.382. The second-order valence-electron chi connectivity index (χ2n) is 6.26. The fourth-order valence-electron chi connectivity index (χ4n) is 2.71. The van der Waals surface area contributed by atoms with Crippen LogP contribution in [-0.4, -0.2) is 32.5 Å². The van der Waals surface area contributed by atoms with E-state index in [0.717, 1.165) is 26.1 Å². The summed E-state index contributed by atoms with van der Waals surface area (Å²) >= 11 is 0. The number of nitrogen functional groups attached to an aromatic ring is 1. The molecule has 148 valence electrons. The lowest BCUT2D eigenvalue weighted by Gasteiger charge is -2.10. The molecule has 0 bridgehead atoms. The van der Waals surface area contributed by atoms with Crippen LogP contribution in [0.15, 0.2) is 52.1 Å². The molecule has 1 aromatic carbocycles. The molecule has 0 aliphatic heterocycles.